The summed E-state index contributed by atoms with van der Waals surface area (Å²) in [5.41, 5.74) is 1.57. The molecule has 1 fully saturated rings. The molecule has 138 valence electrons. The van der Waals surface area contributed by atoms with Crippen LogP contribution < -0.4 is 10.2 Å². The maximum atomic E-state index is 12.8. The van der Waals surface area contributed by atoms with E-state index in [9.17, 15) is 14.0 Å². The average Bonchev–Trinajstić information content (AvgIpc) is 3.11. The van der Waals surface area contributed by atoms with E-state index >= 15 is 0 Å². The van der Waals surface area contributed by atoms with Crippen LogP contribution in [-0.2, 0) is 9.53 Å². The highest BCUT2D eigenvalue weighted by atomic mass is 32.2. The van der Waals surface area contributed by atoms with Gasteiger partial charge in [-0.15, -0.1) is 11.8 Å². The second-order valence-electron chi connectivity index (χ2n) is 5.63. The molecule has 5 nitrogen and oxygen atoms in total. The minimum Gasteiger partial charge on any atom is -0.447 e. The van der Waals surface area contributed by atoms with Gasteiger partial charge in [-0.25, -0.2) is 9.18 Å². The van der Waals surface area contributed by atoms with Crippen molar-refractivity contribution in [3.8, 4) is 11.8 Å². The molecule has 7 heteroatoms. The van der Waals surface area contributed by atoms with Gasteiger partial charge in [0.2, 0.25) is 5.91 Å². The number of benzene rings is 2. The lowest BCUT2D eigenvalue weighted by Crippen LogP contribution is -2.25. The van der Waals surface area contributed by atoms with Crippen molar-refractivity contribution in [3.63, 3.8) is 0 Å². The molecular formula is C20H17FN2O3S. The Hall–Kier alpha value is -2.98. The second-order valence-corrected chi connectivity index (χ2v) is 6.68. The quantitative estimate of drug-likeness (QED) is 0.636. The number of cyclic esters (lactones) is 1. The zero-order valence-corrected chi connectivity index (χ0v) is 15.2. The first-order valence-corrected chi connectivity index (χ1v) is 9.29. The van der Waals surface area contributed by atoms with Crippen LogP contribution in [0.3, 0.4) is 0 Å². The number of carbonyl (C=O) groups excluding carboxylic acids is 2. The Morgan fingerprint density at radius 1 is 1.19 bits per heavy atom. The highest BCUT2D eigenvalue weighted by Gasteiger charge is 2.23. The monoisotopic (exact) mass is 384 g/mol. The van der Waals surface area contributed by atoms with Gasteiger partial charge in [-0.1, -0.05) is 11.8 Å². The van der Waals surface area contributed by atoms with Crippen molar-refractivity contribution >= 4 is 29.4 Å². The molecule has 0 radical (unpaired) electrons. The molecule has 2 aromatic carbocycles. The molecule has 1 N–H and O–H groups in total. The second kappa shape index (κ2) is 9.10. The van der Waals surface area contributed by atoms with Gasteiger partial charge in [0.25, 0.3) is 0 Å². The van der Waals surface area contributed by atoms with Crippen molar-refractivity contribution in [1.29, 1.82) is 0 Å². The minimum atomic E-state index is -0.338. The Bertz CT molecular complexity index is 873. The van der Waals surface area contributed by atoms with Crippen LogP contribution in [0.25, 0.3) is 0 Å². The summed E-state index contributed by atoms with van der Waals surface area (Å²) in [4.78, 5) is 25.7. The highest BCUT2D eigenvalue weighted by Crippen LogP contribution is 2.19. The average molecular weight is 384 g/mol. The van der Waals surface area contributed by atoms with Gasteiger partial charge in [0.15, 0.2) is 0 Å². The third-order valence-corrected chi connectivity index (χ3v) is 4.74. The third kappa shape index (κ3) is 5.50. The molecule has 1 heterocycles. The van der Waals surface area contributed by atoms with Gasteiger partial charge in [-0.05, 0) is 48.5 Å². The predicted molar refractivity (Wildman–Crippen MR) is 102 cm³/mol. The molecule has 0 bridgehead atoms. The van der Waals surface area contributed by atoms with E-state index in [0.29, 0.717) is 13.2 Å². The van der Waals surface area contributed by atoms with Crippen molar-refractivity contribution in [1.82, 2.24) is 5.32 Å². The summed E-state index contributed by atoms with van der Waals surface area (Å²) >= 11 is 1.34. The normalized spacial score (nSPS) is 12.9. The molecule has 0 saturated carbocycles. The first kappa shape index (κ1) is 18.8. The third-order valence-electron chi connectivity index (χ3n) is 3.73. The maximum absolute atomic E-state index is 12.8. The molecule has 0 atom stereocenters. The summed E-state index contributed by atoms with van der Waals surface area (Å²) in [7, 11) is 0. The van der Waals surface area contributed by atoms with Crippen LogP contribution in [0.2, 0.25) is 0 Å². The fourth-order valence-electron chi connectivity index (χ4n) is 2.37. The Morgan fingerprint density at radius 2 is 1.93 bits per heavy atom. The number of hydrogen-bond donors (Lipinski definition) is 1. The van der Waals surface area contributed by atoms with Crippen LogP contribution in [0.15, 0.2) is 53.4 Å². The summed E-state index contributed by atoms with van der Waals surface area (Å²) in [5, 5.41) is 2.72. The van der Waals surface area contributed by atoms with Crippen LogP contribution >= 0.6 is 11.8 Å². The molecule has 1 aliphatic rings. The van der Waals surface area contributed by atoms with Gasteiger partial charge in [0.05, 0.1) is 18.8 Å². The van der Waals surface area contributed by atoms with Crippen molar-refractivity contribution in [3.05, 3.63) is 59.9 Å². The van der Waals surface area contributed by atoms with Crippen LogP contribution in [0.5, 0.6) is 0 Å². The molecule has 1 saturated heterocycles. The molecule has 0 unspecified atom stereocenters. The van der Waals surface area contributed by atoms with Gasteiger partial charge in [0, 0.05) is 16.1 Å². The van der Waals surface area contributed by atoms with Crippen LogP contribution in [0.4, 0.5) is 14.9 Å². The summed E-state index contributed by atoms with van der Waals surface area (Å²) in [6.45, 7) is 1.19. The zero-order chi connectivity index (χ0) is 19.1. The summed E-state index contributed by atoms with van der Waals surface area (Å²) in [6, 6.07) is 13.3. The number of rotatable bonds is 5. The number of halogens is 1. The number of thioether (sulfide) groups is 1. The standard InChI is InChI=1S/C20H17FN2O3S/c21-16-5-9-18(10-6-16)27-14-19(24)22-11-1-2-15-3-7-17(8-4-15)23-12-13-26-20(23)25/h3-10H,11-14H2,(H,22,24). The number of hydrogen-bond acceptors (Lipinski definition) is 4. The molecule has 0 aliphatic carbocycles. The van der Waals surface area contributed by atoms with E-state index in [1.54, 1.807) is 17.0 Å². The van der Waals surface area contributed by atoms with Gasteiger partial charge < -0.3 is 10.1 Å². The van der Waals surface area contributed by atoms with Crippen LogP contribution in [0.1, 0.15) is 5.56 Å². The van der Waals surface area contributed by atoms with Gasteiger partial charge >= 0.3 is 6.09 Å². The SMILES string of the molecule is O=C(CSc1ccc(F)cc1)NCC#Cc1ccc(N2CCOC2=O)cc1. The largest absolute Gasteiger partial charge is 0.447 e. The molecule has 2 aromatic rings. The predicted octanol–water partition coefficient (Wildman–Crippen LogP) is 3.04. The smallest absolute Gasteiger partial charge is 0.414 e. The fourth-order valence-corrected chi connectivity index (χ4v) is 3.10. The number of anilines is 1. The minimum absolute atomic E-state index is 0.137. The number of nitrogens with one attached hydrogen (secondary N) is 1. The van der Waals surface area contributed by atoms with Crippen LogP contribution in [0, 0.1) is 17.7 Å². The number of nitrogens with zero attached hydrogens (tertiary/aromatic N) is 1. The lowest BCUT2D eigenvalue weighted by molar-refractivity contribution is -0.118. The van der Waals surface area contributed by atoms with E-state index in [0.717, 1.165) is 16.1 Å². The van der Waals surface area contributed by atoms with Gasteiger partial charge in [0.1, 0.15) is 12.4 Å². The Balaban J connectivity index is 1.42. The Labute approximate surface area is 160 Å². The number of ether oxygens (including phenoxy) is 1. The van der Waals surface area contributed by atoms with E-state index in [4.69, 9.17) is 4.74 Å². The highest BCUT2D eigenvalue weighted by molar-refractivity contribution is 8.00. The summed E-state index contributed by atoms with van der Waals surface area (Å²) in [5.74, 6) is 5.66. The number of amides is 2. The van der Waals surface area contributed by atoms with E-state index in [-0.39, 0.29) is 30.1 Å². The Morgan fingerprint density at radius 3 is 2.59 bits per heavy atom. The molecule has 0 aromatic heterocycles. The first-order chi connectivity index (χ1) is 13.1. The molecule has 2 amide bonds. The Kier molecular flexibility index (Phi) is 6.34. The fraction of sp³-hybridized carbons (Fsp3) is 0.200. The first-order valence-electron chi connectivity index (χ1n) is 8.30. The summed E-state index contributed by atoms with van der Waals surface area (Å²) in [6.07, 6.45) is -0.338. The topological polar surface area (TPSA) is 58.6 Å². The van der Waals surface area contributed by atoms with Crippen molar-refractivity contribution in [2.24, 2.45) is 0 Å². The van der Waals surface area contributed by atoms with Crippen molar-refractivity contribution in [2.45, 2.75) is 4.90 Å². The lowest BCUT2D eigenvalue weighted by Gasteiger charge is -2.11. The van der Waals surface area contributed by atoms with Crippen molar-refractivity contribution < 1.29 is 18.7 Å². The molecule has 27 heavy (non-hydrogen) atoms. The maximum Gasteiger partial charge on any atom is 0.414 e. The lowest BCUT2D eigenvalue weighted by atomic mass is 10.2. The van der Waals surface area contributed by atoms with E-state index in [1.807, 2.05) is 24.3 Å². The van der Waals surface area contributed by atoms with E-state index in [1.165, 1.54) is 23.9 Å². The number of carbonyl (C=O) groups is 2. The van der Waals surface area contributed by atoms with E-state index in [2.05, 4.69) is 17.2 Å². The molecule has 1 aliphatic heterocycles. The summed E-state index contributed by atoms with van der Waals surface area (Å²) < 4.78 is 17.7. The van der Waals surface area contributed by atoms with E-state index < -0.39 is 0 Å². The van der Waals surface area contributed by atoms with Gasteiger partial charge in [-0.3, -0.25) is 9.69 Å². The molecule has 0 spiro atoms. The zero-order valence-electron chi connectivity index (χ0n) is 14.4. The van der Waals surface area contributed by atoms with Gasteiger partial charge in [-0.2, -0.15) is 0 Å². The van der Waals surface area contributed by atoms with Crippen LogP contribution in [-0.4, -0.2) is 37.4 Å². The van der Waals surface area contributed by atoms with Crippen molar-refractivity contribution in [2.75, 3.05) is 30.3 Å². The molecular weight excluding hydrogens is 367 g/mol. The molecule has 3 rings (SSSR count).